The van der Waals surface area contributed by atoms with Crippen LogP contribution in [-0.4, -0.2) is 13.7 Å². The summed E-state index contributed by atoms with van der Waals surface area (Å²) in [4.78, 5) is 0. The number of hydrogen-bond donors (Lipinski definition) is 1. The first kappa shape index (κ1) is 11.9. The fourth-order valence-corrected chi connectivity index (χ4v) is 1.57. The third-order valence-corrected chi connectivity index (χ3v) is 2.31. The number of benzene rings is 1. The van der Waals surface area contributed by atoms with Gasteiger partial charge in [0.15, 0.2) is 0 Å². The van der Waals surface area contributed by atoms with Gasteiger partial charge in [0.25, 0.3) is 0 Å². The summed E-state index contributed by atoms with van der Waals surface area (Å²) >= 11 is 0. The highest BCUT2D eigenvalue weighted by Gasteiger charge is 2.06. The van der Waals surface area contributed by atoms with Gasteiger partial charge < -0.3 is 10.1 Å². The average Bonchev–Trinajstić information content (AvgIpc) is 2.15. The molecule has 0 unspecified atom stereocenters. The highest BCUT2D eigenvalue weighted by molar-refractivity contribution is 5.54. The molecule has 1 rings (SSSR count). The van der Waals surface area contributed by atoms with Crippen molar-refractivity contribution in [3.63, 3.8) is 0 Å². The molecule has 15 heavy (non-hydrogen) atoms. The van der Waals surface area contributed by atoms with Crippen LogP contribution in [0.1, 0.15) is 25.0 Å². The molecule has 0 heterocycles. The van der Waals surface area contributed by atoms with Gasteiger partial charge in [0.05, 0.1) is 6.61 Å². The van der Waals surface area contributed by atoms with E-state index >= 15 is 0 Å². The van der Waals surface area contributed by atoms with Crippen molar-refractivity contribution in [1.29, 1.82) is 0 Å². The number of anilines is 1. The van der Waals surface area contributed by atoms with Crippen LogP contribution in [0.3, 0.4) is 0 Å². The topological polar surface area (TPSA) is 21.3 Å². The van der Waals surface area contributed by atoms with Crippen LogP contribution < -0.4 is 10.1 Å². The second-order valence-electron chi connectivity index (χ2n) is 4.39. The molecule has 0 radical (unpaired) electrons. The Morgan fingerprint density at radius 1 is 1.20 bits per heavy atom. The second kappa shape index (κ2) is 5.06. The van der Waals surface area contributed by atoms with E-state index in [1.54, 1.807) is 0 Å². The number of hydrogen-bond acceptors (Lipinski definition) is 2. The fraction of sp³-hybridized carbons (Fsp3) is 0.538. The van der Waals surface area contributed by atoms with Gasteiger partial charge in [-0.2, -0.15) is 0 Å². The van der Waals surface area contributed by atoms with Crippen LogP contribution in [0.5, 0.6) is 5.75 Å². The Balaban J connectivity index is 2.88. The Morgan fingerprint density at radius 3 is 2.13 bits per heavy atom. The fourth-order valence-electron chi connectivity index (χ4n) is 1.57. The summed E-state index contributed by atoms with van der Waals surface area (Å²) in [7, 11) is 1.93. The second-order valence-corrected chi connectivity index (χ2v) is 4.39. The van der Waals surface area contributed by atoms with Gasteiger partial charge in [0.2, 0.25) is 0 Å². The summed E-state index contributed by atoms with van der Waals surface area (Å²) in [6, 6.07) is 4.23. The summed E-state index contributed by atoms with van der Waals surface area (Å²) in [6.45, 7) is 9.27. The summed E-state index contributed by atoms with van der Waals surface area (Å²) in [5.41, 5.74) is 3.53. The van der Waals surface area contributed by atoms with Gasteiger partial charge in [-0.3, -0.25) is 0 Å². The van der Waals surface area contributed by atoms with Gasteiger partial charge in [-0.1, -0.05) is 13.8 Å². The first-order valence-corrected chi connectivity index (χ1v) is 5.46. The monoisotopic (exact) mass is 207 g/mol. The van der Waals surface area contributed by atoms with Crippen molar-refractivity contribution in [3.8, 4) is 5.75 Å². The summed E-state index contributed by atoms with van der Waals surface area (Å²) in [5, 5.41) is 3.15. The molecule has 0 aliphatic carbocycles. The van der Waals surface area contributed by atoms with Crippen molar-refractivity contribution in [2.24, 2.45) is 5.92 Å². The van der Waals surface area contributed by atoms with Crippen LogP contribution >= 0.6 is 0 Å². The molecule has 0 saturated carbocycles. The third-order valence-electron chi connectivity index (χ3n) is 2.31. The van der Waals surface area contributed by atoms with E-state index in [0.29, 0.717) is 5.92 Å². The zero-order valence-electron chi connectivity index (χ0n) is 10.3. The zero-order chi connectivity index (χ0) is 11.4. The molecule has 0 aliphatic rings. The van der Waals surface area contributed by atoms with Crippen LogP contribution in [0.15, 0.2) is 12.1 Å². The SMILES string of the molecule is CNc1cc(C)c(OCC(C)C)c(C)c1. The van der Waals surface area contributed by atoms with Crippen molar-refractivity contribution < 1.29 is 4.74 Å². The molecule has 84 valence electrons. The minimum atomic E-state index is 0.563. The van der Waals surface area contributed by atoms with Gasteiger partial charge in [0, 0.05) is 12.7 Å². The molecule has 1 aromatic rings. The molecule has 0 spiro atoms. The minimum Gasteiger partial charge on any atom is -0.493 e. The largest absolute Gasteiger partial charge is 0.493 e. The predicted octanol–water partition coefficient (Wildman–Crippen LogP) is 3.38. The molecule has 1 aromatic carbocycles. The van der Waals surface area contributed by atoms with E-state index < -0.39 is 0 Å². The van der Waals surface area contributed by atoms with Crippen LogP contribution in [0, 0.1) is 19.8 Å². The highest BCUT2D eigenvalue weighted by Crippen LogP contribution is 2.27. The lowest BCUT2D eigenvalue weighted by atomic mass is 10.1. The van der Waals surface area contributed by atoms with Gasteiger partial charge >= 0.3 is 0 Å². The maximum Gasteiger partial charge on any atom is 0.125 e. The summed E-state index contributed by atoms with van der Waals surface area (Å²) in [6.07, 6.45) is 0. The van der Waals surface area contributed by atoms with Crippen molar-refractivity contribution in [1.82, 2.24) is 0 Å². The highest BCUT2D eigenvalue weighted by atomic mass is 16.5. The molecular weight excluding hydrogens is 186 g/mol. The Kier molecular flexibility index (Phi) is 4.01. The Hall–Kier alpha value is -1.18. The molecule has 0 fully saturated rings. The van der Waals surface area contributed by atoms with Gasteiger partial charge in [-0.25, -0.2) is 0 Å². The molecular formula is C13H21NO. The first-order chi connectivity index (χ1) is 7.04. The van der Waals surface area contributed by atoms with Crippen molar-refractivity contribution in [3.05, 3.63) is 23.3 Å². The molecule has 0 aliphatic heterocycles. The first-order valence-electron chi connectivity index (χ1n) is 5.46. The summed E-state index contributed by atoms with van der Waals surface area (Å²) in [5.74, 6) is 1.59. The maximum atomic E-state index is 5.80. The lowest BCUT2D eigenvalue weighted by Crippen LogP contribution is -2.07. The molecule has 0 bridgehead atoms. The molecule has 2 heteroatoms. The van der Waals surface area contributed by atoms with Crippen molar-refractivity contribution in [2.45, 2.75) is 27.7 Å². The standard InChI is InChI=1S/C13H21NO/c1-9(2)8-15-13-10(3)6-12(14-5)7-11(13)4/h6-7,9,14H,8H2,1-5H3. The molecule has 2 nitrogen and oxygen atoms in total. The molecule has 0 saturated heterocycles. The van der Waals surface area contributed by atoms with Gasteiger partial charge in [-0.15, -0.1) is 0 Å². The van der Waals surface area contributed by atoms with E-state index in [2.05, 4.69) is 45.1 Å². The Morgan fingerprint density at radius 2 is 1.73 bits per heavy atom. The lowest BCUT2D eigenvalue weighted by Gasteiger charge is -2.15. The normalized spacial score (nSPS) is 10.5. The van der Waals surface area contributed by atoms with Crippen LogP contribution in [-0.2, 0) is 0 Å². The smallest absolute Gasteiger partial charge is 0.125 e. The van der Waals surface area contributed by atoms with E-state index in [1.165, 1.54) is 11.1 Å². The maximum absolute atomic E-state index is 5.80. The number of rotatable bonds is 4. The van der Waals surface area contributed by atoms with E-state index in [1.807, 2.05) is 7.05 Å². The van der Waals surface area contributed by atoms with Crippen molar-refractivity contribution >= 4 is 5.69 Å². The molecule has 0 aromatic heterocycles. The van der Waals surface area contributed by atoms with E-state index in [9.17, 15) is 0 Å². The quantitative estimate of drug-likeness (QED) is 0.817. The lowest BCUT2D eigenvalue weighted by molar-refractivity contribution is 0.268. The Bertz CT molecular complexity index is 308. The average molecular weight is 207 g/mol. The molecule has 1 N–H and O–H groups in total. The van der Waals surface area contributed by atoms with Crippen LogP contribution in [0.25, 0.3) is 0 Å². The Labute approximate surface area is 92.6 Å². The van der Waals surface area contributed by atoms with Gasteiger partial charge in [-0.05, 0) is 43.0 Å². The zero-order valence-corrected chi connectivity index (χ0v) is 10.3. The summed E-state index contributed by atoms with van der Waals surface area (Å²) < 4.78 is 5.80. The van der Waals surface area contributed by atoms with E-state index in [4.69, 9.17) is 4.74 Å². The minimum absolute atomic E-state index is 0.563. The van der Waals surface area contributed by atoms with E-state index in [0.717, 1.165) is 18.0 Å². The van der Waals surface area contributed by atoms with Crippen LogP contribution in [0.4, 0.5) is 5.69 Å². The number of aryl methyl sites for hydroxylation is 2. The third kappa shape index (κ3) is 3.15. The van der Waals surface area contributed by atoms with E-state index in [-0.39, 0.29) is 0 Å². The number of ether oxygens (including phenoxy) is 1. The molecule has 0 atom stereocenters. The van der Waals surface area contributed by atoms with Gasteiger partial charge in [0.1, 0.15) is 5.75 Å². The van der Waals surface area contributed by atoms with Crippen molar-refractivity contribution in [2.75, 3.05) is 19.0 Å². The number of nitrogens with one attached hydrogen (secondary N) is 1. The molecule has 0 amide bonds. The van der Waals surface area contributed by atoms with Crippen LogP contribution in [0.2, 0.25) is 0 Å². The predicted molar refractivity (Wildman–Crippen MR) is 65.8 cm³/mol.